The van der Waals surface area contributed by atoms with Gasteiger partial charge in [0.2, 0.25) is 12.2 Å². The van der Waals surface area contributed by atoms with Crippen molar-refractivity contribution >= 4 is 5.91 Å². The molecule has 0 spiro atoms. The van der Waals surface area contributed by atoms with Crippen molar-refractivity contribution < 1.29 is 14.3 Å². The van der Waals surface area contributed by atoms with E-state index >= 15 is 0 Å². The lowest BCUT2D eigenvalue weighted by Gasteiger charge is -2.26. The third kappa shape index (κ3) is 7.80. The summed E-state index contributed by atoms with van der Waals surface area (Å²) in [6.45, 7) is 8.13. The quantitative estimate of drug-likeness (QED) is 0.500. The van der Waals surface area contributed by atoms with Gasteiger partial charge in [0.15, 0.2) is 0 Å². The number of ether oxygens (including phenoxy) is 2. The summed E-state index contributed by atoms with van der Waals surface area (Å²) in [6, 6.07) is -0.0970. The van der Waals surface area contributed by atoms with E-state index in [2.05, 4.69) is 12.2 Å². The van der Waals surface area contributed by atoms with Gasteiger partial charge < -0.3 is 14.8 Å². The Morgan fingerprint density at radius 2 is 2.06 bits per heavy atom. The van der Waals surface area contributed by atoms with Gasteiger partial charge >= 0.3 is 0 Å². The number of nitrogens with one attached hydrogen (secondary N) is 1. The Bertz CT molecular complexity index is 229. The Balaban J connectivity index is 4.46. The van der Waals surface area contributed by atoms with E-state index in [4.69, 9.17) is 9.47 Å². The molecule has 0 radical (unpaired) electrons. The van der Waals surface area contributed by atoms with Crippen molar-refractivity contribution in [1.29, 1.82) is 0 Å². The van der Waals surface area contributed by atoms with Crippen molar-refractivity contribution in [3.05, 3.63) is 12.3 Å². The van der Waals surface area contributed by atoms with Gasteiger partial charge in [-0.25, -0.2) is 0 Å². The Labute approximate surface area is 104 Å². The molecule has 0 aromatic rings. The van der Waals surface area contributed by atoms with Crippen molar-refractivity contribution in [1.82, 2.24) is 5.32 Å². The molecule has 0 aliphatic heterocycles. The standard InChI is InChI=1S/C13H25NO3/c1-5-8-12(14-11(4)15)13(16-9-6-2)17-10-7-3/h6,9,12-13H,5,7-8,10H2,1-4H3,(H,14,15)/b9-6-. The lowest BCUT2D eigenvalue weighted by molar-refractivity contribution is -0.139. The number of hydrogen-bond acceptors (Lipinski definition) is 3. The lowest BCUT2D eigenvalue weighted by atomic mass is 10.1. The van der Waals surface area contributed by atoms with Crippen molar-refractivity contribution in [3.8, 4) is 0 Å². The van der Waals surface area contributed by atoms with Gasteiger partial charge in [-0.2, -0.15) is 0 Å². The average Bonchev–Trinajstić information content (AvgIpc) is 2.28. The van der Waals surface area contributed by atoms with Crippen molar-refractivity contribution in [2.45, 2.75) is 59.3 Å². The molecule has 0 rings (SSSR count). The molecule has 0 saturated carbocycles. The van der Waals surface area contributed by atoms with Gasteiger partial charge in [-0.1, -0.05) is 26.3 Å². The zero-order valence-corrected chi connectivity index (χ0v) is 11.4. The van der Waals surface area contributed by atoms with E-state index in [0.717, 1.165) is 19.3 Å². The van der Waals surface area contributed by atoms with Crippen LogP contribution in [0, 0.1) is 0 Å². The van der Waals surface area contributed by atoms with Crippen LogP contribution in [0.1, 0.15) is 47.0 Å². The van der Waals surface area contributed by atoms with Gasteiger partial charge in [-0.3, -0.25) is 4.79 Å². The van der Waals surface area contributed by atoms with Crippen LogP contribution in [0.2, 0.25) is 0 Å². The molecule has 1 N–H and O–H groups in total. The summed E-state index contributed by atoms with van der Waals surface area (Å²) in [5.41, 5.74) is 0. The summed E-state index contributed by atoms with van der Waals surface area (Å²) in [6.07, 6.45) is 5.73. The van der Waals surface area contributed by atoms with Crippen molar-refractivity contribution in [2.75, 3.05) is 6.61 Å². The Morgan fingerprint density at radius 1 is 1.35 bits per heavy atom. The number of carbonyl (C=O) groups is 1. The smallest absolute Gasteiger partial charge is 0.219 e. The highest BCUT2D eigenvalue weighted by molar-refractivity contribution is 5.73. The highest BCUT2D eigenvalue weighted by Gasteiger charge is 2.22. The molecule has 0 fully saturated rings. The minimum Gasteiger partial charge on any atom is -0.471 e. The predicted octanol–water partition coefficient (Wildman–Crippen LogP) is 2.59. The van der Waals surface area contributed by atoms with Gasteiger partial charge in [0.1, 0.15) is 0 Å². The van der Waals surface area contributed by atoms with E-state index in [1.54, 1.807) is 12.3 Å². The van der Waals surface area contributed by atoms with Crippen molar-refractivity contribution in [3.63, 3.8) is 0 Å². The van der Waals surface area contributed by atoms with E-state index < -0.39 is 6.29 Å². The minimum atomic E-state index is -0.407. The van der Waals surface area contributed by atoms with Crippen LogP contribution in [-0.4, -0.2) is 24.8 Å². The molecule has 0 saturated heterocycles. The molecule has 17 heavy (non-hydrogen) atoms. The molecule has 0 aliphatic carbocycles. The largest absolute Gasteiger partial charge is 0.471 e. The van der Waals surface area contributed by atoms with Crippen LogP contribution in [0.15, 0.2) is 12.3 Å². The summed E-state index contributed by atoms with van der Waals surface area (Å²) < 4.78 is 11.1. The zero-order chi connectivity index (χ0) is 13.1. The second-order valence-electron chi connectivity index (χ2n) is 3.94. The molecular formula is C13H25NO3. The second-order valence-corrected chi connectivity index (χ2v) is 3.94. The molecule has 1 amide bonds. The summed E-state index contributed by atoms with van der Waals surface area (Å²) >= 11 is 0. The Morgan fingerprint density at radius 3 is 2.53 bits per heavy atom. The molecule has 0 aromatic carbocycles. The van der Waals surface area contributed by atoms with Gasteiger partial charge in [0.05, 0.1) is 18.9 Å². The SMILES string of the molecule is C/C=C\OC(OCCC)C(CCC)NC(C)=O. The fourth-order valence-electron chi connectivity index (χ4n) is 1.49. The second kappa shape index (κ2) is 10.1. The average molecular weight is 243 g/mol. The molecule has 0 heterocycles. The van der Waals surface area contributed by atoms with Crippen LogP contribution in [-0.2, 0) is 14.3 Å². The maximum atomic E-state index is 11.1. The van der Waals surface area contributed by atoms with E-state index in [1.807, 2.05) is 13.8 Å². The molecule has 0 aromatic heterocycles. The summed E-state index contributed by atoms with van der Waals surface area (Å²) in [5.74, 6) is -0.0578. The highest BCUT2D eigenvalue weighted by atomic mass is 16.7. The molecule has 4 heteroatoms. The van der Waals surface area contributed by atoms with Crippen LogP contribution in [0.5, 0.6) is 0 Å². The molecule has 2 atom stereocenters. The van der Waals surface area contributed by atoms with Crippen molar-refractivity contribution in [2.24, 2.45) is 0 Å². The van der Waals surface area contributed by atoms with E-state index in [9.17, 15) is 4.79 Å². The van der Waals surface area contributed by atoms with E-state index in [1.165, 1.54) is 6.92 Å². The maximum absolute atomic E-state index is 11.1. The van der Waals surface area contributed by atoms with Crippen LogP contribution in [0.4, 0.5) is 0 Å². The van der Waals surface area contributed by atoms with E-state index in [0.29, 0.717) is 6.61 Å². The number of carbonyl (C=O) groups excluding carboxylic acids is 1. The first-order chi connectivity index (χ1) is 8.15. The number of amides is 1. The fraction of sp³-hybridized carbons (Fsp3) is 0.769. The number of allylic oxidation sites excluding steroid dienone is 1. The first-order valence-corrected chi connectivity index (χ1v) is 6.31. The first kappa shape index (κ1) is 16.0. The highest BCUT2D eigenvalue weighted by Crippen LogP contribution is 2.09. The van der Waals surface area contributed by atoms with Gasteiger partial charge in [-0.15, -0.1) is 0 Å². The normalized spacial score (nSPS) is 14.6. The summed E-state index contributed by atoms with van der Waals surface area (Å²) in [5, 5.41) is 2.88. The number of hydrogen-bond donors (Lipinski definition) is 1. The minimum absolute atomic E-state index is 0.0578. The zero-order valence-electron chi connectivity index (χ0n) is 11.4. The molecule has 100 valence electrons. The van der Waals surface area contributed by atoms with Gasteiger partial charge in [0.25, 0.3) is 0 Å². The molecule has 4 nitrogen and oxygen atoms in total. The Kier molecular flexibility index (Phi) is 9.53. The summed E-state index contributed by atoms with van der Waals surface area (Å²) in [7, 11) is 0. The van der Waals surface area contributed by atoms with Gasteiger partial charge in [-0.05, 0) is 19.8 Å². The maximum Gasteiger partial charge on any atom is 0.219 e. The van der Waals surface area contributed by atoms with Crippen LogP contribution in [0.25, 0.3) is 0 Å². The molecule has 0 aliphatic rings. The fourth-order valence-corrected chi connectivity index (χ4v) is 1.49. The van der Waals surface area contributed by atoms with Crippen LogP contribution in [0.3, 0.4) is 0 Å². The molecule has 0 bridgehead atoms. The Hall–Kier alpha value is -1.03. The topological polar surface area (TPSA) is 47.6 Å². The van der Waals surface area contributed by atoms with E-state index in [-0.39, 0.29) is 11.9 Å². The van der Waals surface area contributed by atoms with Gasteiger partial charge in [0, 0.05) is 6.92 Å². The lowest BCUT2D eigenvalue weighted by Crippen LogP contribution is -2.44. The predicted molar refractivity (Wildman–Crippen MR) is 68.4 cm³/mol. The van der Waals surface area contributed by atoms with Crippen LogP contribution < -0.4 is 5.32 Å². The third-order valence-electron chi connectivity index (χ3n) is 2.15. The third-order valence-corrected chi connectivity index (χ3v) is 2.15. The monoisotopic (exact) mass is 243 g/mol. The van der Waals surface area contributed by atoms with Crippen LogP contribution >= 0.6 is 0 Å². The molecule has 2 unspecified atom stereocenters. The first-order valence-electron chi connectivity index (χ1n) is 6.31. The summed E-state index contributed by atoms with van der Waals surface area (Å²) in [4.78, 5) is 11.1. The molecular weight excluding hydrogens is 218 g/mol. The number of rotatable bonds is 9.